The van der Waals surface area contributed by atoms with Gasteiger partial charge in [-0.1, -0.05) is 12.1 Å². The van der Waals surface area contributed by atoms with Gasteiger partial charge in [-0.3, -0.25) is 4.79 Å². The number of ether oxygens (including phenoxy) is 2. The second-order valence-corrected chi connectivity index (χ2v) is 6.28. The summed E-state index contributed by atoms with van der Waals surface area (Å²) in [6.45, 7) is 2.16. The van der Waals surface area contributed by atoms with Crippen molar-refractivity contribution in [3.8, 4) is 5.75 Å². The SMILES string of the molecule is CCOC(=O)CS(=O)(=O)CCOc1cccc(CN)c1. The fraction of sp³-hybridized carbons (Fsp3) is 0.462. The number of hydrogen-bond donors (Lipinski definition) is 1. The minimum atomic E-state index is -3.51. The molecule has 2 N–H and O–H groups in total. The van der Waals surface area contributed by atoms with Crippen molar-refractivity contribution < 1.29 is 22.7 Å². The Labute approximate surface area is 118 Å². The fourth-order valence-corrected chi connectivity index (χ4v) is 2.43. The first-order chi connectivity index (χ1) is 9.46. The summed E-state index contributed by atoms with van der Waals surface area (Å²) < 4.78 is 33.2. The van der Waals surface area contributed by atoms with Gasteiger partial charge in [-0.25, -0.2) is 8.42 Å². The number of sulfone groups is 1. The molecule has 0 heterocycles. The highest BCUT2D eigenvalue weighted by atomic mass is 32.2. The first kappa shape index (κ1) is 16.5. The number of carbonyl (C=O) groups excluding carboxylic acids is 1. The molecule has 20 heavy (non-hydrogen) atoms. The van der Waals surface area contributed by atoms with E-state index in [1.807, 2.05) is 6.07 Å². The van der Waals surface area contributed by atoms with Gasteiger partial charge in [0.25, 0.3) is 0 Å². The maximum absolute atomic E-state index is 11.6. The minimum absolute atomic E-state index is 0.0181. The van der Waals surface area contributed by atoms with Crippen LogP contribution in [0.5, 0.6) is 5.75 Å². The van der Waals surface area contributed by atoms with Crippen LogP contribution in [0.4, 0.5) is 0 Å². The third-order valence-corrected chi connectivity index (χ3v) is 3.90. The second-order valence-electron chi connectivity index (χ2n) is 4.10. The highest BCUT2D eigenvalue weighted by Crippen LogP contribution is 2.12. The summed E-state index contributed by atoms with van der Waals surface area (Å²) >= 11 is 0. The Bertz CT molecular complexity index is 541. The van der Waals surface area contributed by atoms with Gasteiger partial charge >= 0.3 is 5.97 Å². The molecule has 0 spiro atoms. The number of rotatable bonds is 8. The van der Waals surface area contributed by atoms with Crippen molar-refractivity contribution in [2.24, 2.45) is 5.73 Å². The van der Waals surface area contributed by atoms with Crippen LogP contribution in [0, 0.1) is 0 Å². The normalized spacial score (nSPS) is 11.1. The third-order valence-electron chi connectivity index (χ3n) is 2.44. The molecule has 0 aliphatic heterocycles. The summed E-state index contributed by atoms with van der Waals surface area (Å²) in [6.07, 6.45) is 0. The van der Waals surface area contributed by atoms with Gasteiger partial charge < -0.3 is 15.2 Å². The monoisotopic (exact) mass is 301 g/mol. The molecular formula is C13H19NO5S. The summed E-state index contributed by atoms with van der Waals surface area (Å²) in [5.74, 6) is -1.04. The number of carbonyl (C=O) groups is 1. The lowest BCUT2D eigenvalue weighted by Gasteiger charge is -2.08. The van der Waals surface area contributed by atoms with E-state index in [1.54, 1.807) is 25.1 Å². The first-order valence-corrected chi connectivity index (χ1v) is 8.07. The molecule has 1 aromatic carbocycles. The van der Waals surface area contributed by atoms with E-state index >= 15 is 0 Å². The van der Waals surface area contributed by atoms with E-state index in [-0.39, 0.29) is 19.0 Å². The Kier molecular flexibility index (Phi) is 6.47. The Hall–Kier alpha value is -1.60. The summed E-state index contributed by atoms with van der Waals surface area (Å²) in [5.41, 5.74) is 6.40. The molecule has 0 amide bonds. The predicted molar refractivity (Wildman–Crippen MR) is 75.1 cm³/mol. The van der Waals surface area contributed by atoms with E-state index in [4.69, 9.17) is 10.5 Å². The summed E-state index contributed by atoms with van der Waals surface area (Å²) in [5, 5.41) is 0. The number of esters is 1. The average Bonchev–Trinajstić information content (AvgIpc) is 2.38. The molecule has 0 aliphatic rings. The van der Waals surface area contributed by atoms with Crippen LogP contribution in [0.3, 0.4) is 0 Å². The van der Waals surface area contributed by atoms with E-state index in [0.29, 0.717) is 12.3 Å². The summed E-state index contributed by atoms with van der Waals surface area (Å²) in [4.78, 5) is 11.1. The lowest BCUT2D eigenvalue weighted by molar-refractivity contribution is -0.139. The molecular weight excluding hydrogens is 282 g/mol. The maximum Gasteiger partial charge on any atom is 0.321 e. The zero-order chi connectivity index (χ0) is 15.0. The number of hydrogen-bond acceptors (Lipinski definition) is 6. The molecule has 6 nitrogen and oxygen atoms in total. The fourth-order valence-electron chi connectivity index (χ4n) is 1.50. The highest BCUT2D eigenvalue weighted by molar-refractivity contribution is 7.92. The van der Waals surface area contributed by atoms with Crippen molar-refractivity contribution in [1.29, 1.82) is 0 Å². The van der Waals surface area contributed by atoms with E-state index in [9.17, 15) is 13.2 Å². The molecule has 0 unspecified atom stereocenters. The molecule has 7 heteroatoms. The van der Waals surface area contributed by atoms with Crippen LogP contribution in [0.1, 0.15) is 12.5 Å². The van der Waals surface area contributed by atoms with Gasteiger partial charge in [0.05, 0.1) is 12.4 Å². The van der Waals surface area contributed by atoms with Crippen molar-refractivity contribution in [3.63, 3.8) is 0 Å². The zero-order valence-electron chi connectivity index (χ0n) is 11.4. The van der Waals surface area contributed by atoms with Crippen molar-refractivity contribution >= 4 is 15.8 Å². The largest absolute Gasteiger partial charge is 0.493 e. The standard InChI is InChI=1S/C13H19NO5S/c1-2-18-13(15)10-20(16,17)7-6-19-12-5-3-4-11(8-12)9-14/h3-5,8H,2,6-7,9-10,14H2,1H3. The molecule has 0 bridgehead atoms. The van der Waals surface area contributed by atoms with Crippen molar-refractivity contribution in [3.05, 3.63) is 29.8 Å². The molecule has 112 valence electrons. The molecule has 0 saturated carbocycles. The number of nitrogens with two attached hydrogens (primary N) is 1. The van der Waals surface area contributed by atoms with E-state index < -0.39 is 21.6 Å². The molecule has 0 fully saturated rings. The molecule has 0 radical (unpaired) electrons. The lowest BCUT2D eigenvalue weighted by atomic mass is 10.2. The summed E-state index contributed by atoms with van der Waals surface area (Å²) in [6, 6.07) is 7.10. The average molecular weight is 301 g/mol. The van der Waals surface area contributed by atoms with Gasteiger partial charge in [0.15, 0.2) is 9.84 Å². The highest BCUT2D eigenvalue weighted by Gasteiger charge is 2.17. The Balaban J connectivity index is 2.44. The van der Waals surface area contributed by atoms with E-state index in [2.05, 4.69) is 4.74 Å². The lowest BCUT2D eigenvalue weighted by Crippen LogP contribution is -2.23. The van der Waals surface area contributed by atoms with E-state index in [0.717, 1.165) is 5.56 Å². The smallest absolute Gasteiger partial charge is 0.321 e. The Morgan fingerprint density at radius 3 is 2.75 bits per heavy atom. The molecule has 0 atom stereocenters. The van der Waals surface area contributed by atoms with Crippen LogP contribution in [0.2, 0.25) is 0 Å². The van der Waals surface area contributed by atoms with Crippen molar-refractivity contribution in [2.45, 2.75) is 13.5 Å². The topological polar surface area (TPSA) is 95.7 Å². The van der Waals surface area contributed by atoms with Gasteiger partial charge in [0.1, 0.15) is 18.1 Å². The molecule has 0 aromatic heterocycles. The molecule has 1 aromatic rings. The molecule has 0 aliphatic carbocycles. The van der Waals surface area contributed by atoms with Crippen molar-refractivity contribution in [1.82, 2.24) is 0 Å². The Morgan fingerprint density at radius 2 is 2.10 bits per heavy atom. The van der Waals surface area contributed by atoms with Gasteiger partial charge in [-0.05, 0) is 24.6 Å². The van der Waals surface area contributed by atoms with Crippen LogP contribution < -0.4 is 10.5 Å². The van der Waals surface area contributed by atoms with Crippen LogP contribution >= 0.6 is 0 Å². The van der Waals surface area contributed by atoms with Crippen LogP contribution in [0.15, 0.2) is 24.3 Å². The van der Waals surface area contributed by atoms with Gasteiger partial charge in [-0.15, -0.1) is 0 Å². The molecule has 0 saturated heterocycles. The molecule has 1 rings (SSSR count). The van der Waals surface area contributed by atoms with Gasteiger partial charge in [0.2, 0.25) is 0 Å². The first-order valence-electron chi connectivity index (χ1n) is 6.24. The van der Waals surface area contributed by atoms with E-state index in [1.165, 1.54) is 0 Å². The van der Waals surface area contributed by atoms with Gasteiger partial charge in [-0.2, -0.15) is 0 Å². The third kappa shape index (κ3) is 6.03. The second kappa shape index (κ2) is 7.86. The Morgan fingerprint density at radius 1 is 1.35 bits per heavy atom. The zero-order valence-corrected chi connectivity index (χ0v) is 12.2. The van der Waals surface area contributed by atoms with Crippen LogP contribution in [0.25, 0.3) is 0 Å². The van der Waals surface area contributed by atoms with Gasteiger partial charge in [0, 0.05) is 6.54 Å². The predicted octanol–water partition coefficient (Wildman–Crippen LogP) is 0.502. The minimum Gasteiger partial charge on any atom is -0.493 e. The van der Waals surface area contributed by atoms with Crippen LogP contribution in [-0.4, -0.2) is 39.1 Å². The summed E-state index contributed by atoms with van der Waals surface area (Å²) in [7, 11) is -3.51. The van der Waals surface area contributed by atoms with Crippen molar-refractivity contribution in [2.75, 3.05) is 24.7 Å². The maximum atomic E-state index is 11.6. The number of benzene rings is 1. The van der Waals surface area contributed by atoms with Crippen LogP contribution in [-0.2, 0) is 25.9 Å². The quantitative estimate of drug-likeness (QED) is 0.703.